The van der Waals surface area contributed by atoms with Gasteiger partial charge in [0, 0.05) is 24.5 Å². The first-order valence-corrected chi connectivity index (χ1v) is 6.36. The van der Waals surface area contributed by atoms with Gasteiger partial charge in [0.1, 0.15) is 5.82 Å². The monoisotopic (exact) mass is 283 g/mol. The number of nitrogens with two attached hydrogens (primary N) is 1. The number of halogens is 1. The number of nitrogens with zero attached hydrogens (tertiary/aromatic N) is 1. The van der Waals surface area contributed by atoms with Crippen molar-refractivity contribution >= 4 is 5.91 Å². The molecule has 0 radical (unpaired) electrons. The van der Waals surface area contributed by atoms with Gasteiger partial charge in [-0.3, -0.25) is 9.78 Å². The second-order valence-corrected chi connectivity index (χ2v) is 4.24. The summed E-state index contributed by atoms with van der Waals surface area (Å²) in [5, 5.41) is 2.70. The molecule has 0 fully saturated rings. The van der Waals surface area contributed by atoms with Crippen LogP contribution in [-0.4, -0.2) is 17.4 Å². The smallest absolute Gasteiger partial charge is 0.251 e. The molecule has 0 aliphatic rings. The fraction of sp³-hybridized carbons (Fsp3) is 0.125. The van der Waals surface area contributed by atoms with Gasteiger partial charge in [-0.2, -0.15) is 0 Å². The number of rotatable bonds is 3. The molecule has 0 aliphatic carbocycles. The van der Waals surface area contributed by atoms with E-state index in [0.717, 1.165) is 5.56 Å². The van der Waals surface area contributed by atoms with Crippen molar-refractivity contribution in [2.45, 2.75) is 6.54 Å². The van der Waals surface area contributed by atoms with Crippen molar-refractivity contribution in [1.82, 2.24) is 10.3 Å². The first-order chi connectivity index (χ1) is 10.2. The molecular weight excluding hydrogens is 269 g/mol. The molecule has 0 atom stereocenters. The van der Waals surface area contributed by atoms with E-state index in [2.05, 4.69) is 22.1 Å². The summed E-state index contributed by atoms with van der Waals surface area (Å²) in [5.41, 5.74) is 6.58. The molecule has 0 unspecified atom stereocenters. The molecule has 0 spiro atoms. The molecule has 21 heavy (non-hydrogen) atoms. The lowest BCUT2D eigenvalue weighted by atomic mass is 10.1. The maximum Gasteiger partial charge on any atom is 0.251 e. The van der Waals surface area contributed by atoms with Gasteiger partial charge in [0.05, 0.1) is 12.1 Å². The number of amides is 1. The Morgan fingerprint density at radius 1 is 1.38 bits per heavy atom. The minimum Gasteiger partial charge on any atom is -0.348 e. The van der Waals surface area contributed by atoms with Crippen LogP contribution in [0.5, 0.6) is 0 Å². The van der Waals surface area contributed by atoms with E-state index >= 15 is 0 Å². The van der Waals surface area contributed by atoms with E-state index in [9.17, 15) is 9.18 Å². The highest BCUT2D eigenvalue weighted by Gasteiger charge is 2.08. The zero-order valence-electron chi connectivity index (χ0n) is 11.3. The standard InChI is InChI=1S/C16H14FN3O/c17-15-9-14(6-5-13(15)4-1-7-18)16(21)20-11-12-3-2-8-19-10-12/h2-3,5-6,8-10H,7,11,18H2,(H,20,21). The first kappa shape index (κ1) is 14.7. The van der Waals surface area contributed by atoms with Gasteiger partial charge in [-0.1, -0.05) is 17.9 Å². The Morgan fingerprint density at radius 3 is 2.90 bits per heavy atom. The number of carbonyl (C=O) groups is 1. The van der Waals surface area contributed by atoms with Crippen LogP contribution in [0.3, 0.4) is 0 Å². The Bertz CT molecular complexity index is 690. The highest BCUT2D eigenvalue weighted by molar-refractivity contribution is 5.94. The van der Waals surface area contributed by atoms with Crippen molar-refractivity contribution < 1.29 is 9.18 Å². The summed E-state index contributed by atoms with van der Waals surface area (Å²) in [6.45, 7) is 0.496. The second kappa shape index (κ2) is 7.17. The second-order valence-electron chi connectivity index (χ2n) is 4.24. The van der Waals surface area contributed by atoms with E-state index < -0.39 is 5.82 Å². The lowest BCUT2D eigenvalue weighted by Crippen LogP contribution is -2.23. The van der Waals surface area contributed by atoms with Crippen molar-refractivity contribution in [3.05, 3.63) is 65.2 Å². The normalized spacial score (nSPS) is 9.62. The molecule has 2 rings (SSSR count). The molecule has 0 saturated carbocycles. The molecule has 4 nitrogen and oxygen atoms in total. The maximum absolute atomic E-state index is 13.8. The van der Waals surface area contributed by atoms with Crippen molar-refractivity contribution in [3.63, 3.8) is 0 Å². The third-order valence-corrected chi connectivity index (χ3v) is 2.73. The maximum atomic E-state index is 13.8. The summed E-state index contributed by atoms with van der Waals surface area (Å²) < 4.78 is 13.8. The van der Waals surface area contributed by atoms with E-state index in [4.69, 9.17) is 5.73 Å². The lowest BCUT2D eigenvalue weighted by Gasteiger charge is -2.05. The third kappa shape index (κ3) is 4.13. The third-order valence-electron chi connectivity index (χ3n) is 2.73. The van der Waals surface area contributed by atoms with Crippen LogP contribution in [0.2, 0.25) is 0 Å². The zero-order chi connectivity index (χ0) is 15.1. The van der Waals surface area contributed by atoms with Gasteiger partial charge >= 0.3 is 0 Å². The first-order valence-electron chi connectivity index (χ1n) is 6.36. The van der Waals surface area contributed by atoms with Gasteiger partial charge in [-0.05, 0) is 29.8 Å². The molecule has 0 aliphatic heterocycles. The van der Waals surface area contributed by atoms with E-state index in [1.807, 2.05) is 6.07 Å². The average molecular weight is 283 g/mol. The minimum atomic E-state index is -0.537. The Morgan fingerprint density at radius 2 is 2.24 bits per heavy atom. The van der Waals surface area contributed by atoms with Crippen LogP contribution in [0.25, 0.3) is 0 Å². The number of hydrogen-bond acceptors (Lipinski definition) is 3. The SMILES string of the molecule is NCC#Cc1ccc(C(=O)NCc2cccnc2)cc1F. The summed E-state index contributed by atoms with van der Waals surface area (Å²) in [7, 11) is 0. The molecule has 3 N–H and O–H groups in total. The van der Waals surface area contributed by atoms with Gasteiger partial charge in [0.25, 0.3) is 5.91 Å². The Labute approximate surface area is 122 Å². The number of hydrogen-bond donors (Lipinski definition) is 2. The molecular formula is C16H14FN3O. The Balaban J connectivity index is 2.04. The van der Waals surface area contributed by atoms with Crippen LogP contribution in [0.1, 0.15) is 21.5 Å². The van der Waals surface area contributed by atoms with Gasteiger partial charge in [-0.25, -0.2) is 4.39 Å². The van der Waals surface area contributed by atoms with Gasteiger partial charge in [-0.15, -0.1) is 0 Å². The fourth-order valence-corrected chi connectivity index (χ4v) is 1.69. The van der Waals surface area contributed by atoms with E-state index in [1.54, 1.807) is 18.5 Å². The molecule has 1 heterocycles. The van der Waals surface area contributed by atoms with Crippen molar-refractivity contribution in [1.29, 1.82) is 0 Å². The van der Waals surface area contributed by atoms with Crippen molar-refractivity contribution in [3.8, 4) is 11.8 Å². The van der Waals surface area contributed by atoms with E-state index in [-0.39, 0.29) is 23.6 Å². The van der Waals surface area contributed by atoms with E-state index in [0.29, 0.717) is 6.54 Å². The molecule has 1 aromatic heterocycles. The fourth-order valence-electron chi connectivity index (χ4n) is 1.69. The molecule has 1 aromatic carbocycles. The molecule has 106 valence electrons. The Hall–Kier alpha value is -2.71. The van der Waals surface area contributed by atoms with Gasteiger partial charge in [0.15, 0.2) is 0 Å². The molecule has 1 amide bonds. The van der Waals surface area contributed by atoms with E-state index in [1.165, 1.54) is 18.2 Å². The summed E-state index contributed by atoms with van der Waals surface area (Å²) in [4.78, 5) is 15.9. The van der Waals surface area contributed by atoms with Gasteiger partial charge in [0.2, 0.25) is 0 Å². The van der Waals surface area contributed by atoms with Crippen molar-refractivity contribution in [2.75, 3.05) is 6.54 Å². The summed E-state index contributed by atoms with van der Waals surface area (Å²) in [6, 6.07) is 7.80. The Kier molecular flexibility index (Phi) is 5.02. The number of benzene rings is 1. The topological polar surface area (TPSA) is 68.0 Å². The lowest BCUT2D eigenvalue weighted by molar-refractivity contribution is 0.0950. The minimum absolute atomic E-state index is 0.160. The van der Waals surface area contributed by atoms with Crippen LogP contribution in [0.15, 0.2) is 42.7 Å². The molecule has 0 bridgehead atoms. The summed E-state index contributed by atoms with van der Waals surface area (Å²) >= 11 is 0. The zero-order valence-corrected chi connectivity index (χ0v) is 11.3. The van der Waals surface area contributed by atoms with Crippen LogP contribution in [-0.2, 0) is 6.54 Å². The predicted octanol–water partition coefficient (Wildman–Crippen LogP) is 1.46. The largest absolute Gasteiger partial charge is 0.348 e. The average Bonchev–Trinajstić information content (AvgIpc) is 2.52. The van der Waals surface area contributed by atoms with Gasteiger partial charge < -0.3 is 11.1 Å². The highest BCUT2D eigenvalue weighted by Crippen LogP contribution is 2.09. The highest BCUT2D eigenvalue weighted by atomic mass is 19.1. The molecule has 5 heteroatoms. The van der Waals surface area contributed by atoms with Crippen LogP contribution >= 0.6 is 0 Å². The number of nitrogens with one attached hydrogen (secondary N) is 1. The summed E-state index contributed by atoms with van der Waals surface area (Å²) in [6.07, 6.45) is 3.31. The molecule has 0 saturated heterocycles. The van der Waals surface area contributed by atoms with Crippen LogP contribution < -0.4 is 11.1 Å². The van der Waals surface area contributed by atoms with Crippen LogP contribution in [0, 0.1) is 17.7 Å². The van der Waals surface area contributed by atoms with Crippen LogP contribution in [0.4, 0.5) is 4.39 Å². The summed E-state index contributed by atoms with van der Waals surface area (Å²) in [5.74, 6) is 4.29. The molecule has 2 aromatic rings. The number of aromatic nitrogens is 1. The number of pyridine rings is 1. The number of carbonyl (C=O) groups excluding carboxylic acids is 1. The predicted molar refractivity (Wildman–Crippen MR) is 77.7 cm³/mol. The quantitative estimate of drug-likeness (QED) is 0.838. The van der Waals surface area contributed by atoms with Crippen molar-refractivity contribution in [2.24, 2.45) is 5.73 Å².